The molecular weight excluding hydrogens is 995 g/mol. The Labute approximate surface area is 495 Å². The molecule has 466 valence electrons. The third-order valence-electron chi connectivity index (χ3n) is 15.0. The SMILES string of the molecule is CC/C=C\C/C=C\C/C=C\C/C=C\C/C=C\CCCCCCCCCCCCCCCCCCCCCCCCCCCC(=O)OC(COC(=O)CCCCCCCCCCCCCCCC)COC(OCC[N+](C)(C)C)C(=O)[O-]. The van der Waals surface area contributed by atoms with Gasteiger partial charge < -0.3 is 33.3 Å². The molecule has 0 saturated carbocycles. The van der Waals surface area contributed by atoms with Crippen LogP contribution in [0.4, 0.5) is 0 Å². The van der Waals surface area contributed by atoms with Crippen molar-refractivity contribution in [1.29, 1.82) is 0 Å². The molecular formula is C71H129NO8. The molecule has 0 aliphatic rings. The fraction of sp³-hybridized carbons (Fsp3) is 0.817. The zero-order valence-corrected chi connectivity index (χ0v) is 53.2. The number of quaternary nitrogens is 1. The third kappa shape index (κ3) is 62.6. The van der Waals surface area contributed by atoms with Crippen LogP contribution in [0, 0.1) is 0 Å². The van der Waals surface area contributed by atoms with Gasteiger partial charge in [0, 0.05) is 12.8 Å². The van der Waals surface area contributed by atoms with Gasteiger partial charge in [0.25, 0.3) is 0 Å². The van der Waals surface area contributed by atoms with Crippen LogP contribution in [0.15, 0.2) is 60.8 Å². The normalized spacial score (nSPS) is 13.1. The number of carboxylic acids is 1. The highest BCUT2D eigenvalue weighted by Crippen LogP contribution is 2.18. The quantitative estimate of drug-likeness (QED) is 0.0195. The van der Waals surface area contributed by atoms with Crippen LogP contribution in [0.5, 0.6) is 0 Å². The lowest BCUT2D eigenvalue weighted by molar-refractivity contribution is -0.870. The van der Waals surface area contributed by atoms with E-state index in [4.69, 9.17) is 18.9 Å². The fourth-order valence-electron chi connectivity index (χ4n) is 9.86. The first kappa shape index (κ1) is 77.0. The summed E-state index contributed by atoms with van der Waals surface area (Å²) in [6.45, 7) is 4.67. The Morgan fingerprint density at radius 1 is 0.388 bits per heavy atom. The Balaban J connectivity index is 3.91. The minimum absolute atomic E-state index is 0.151. The zero-order valence-electron chi connectivity index (χ0n) is 53.2. The Hall–Kier alpha value is -3.01. The van der Waals surface area contributed by atoms with Crippen molar-refractivity contribution in [1.82, 2.24) is 0 Å². The van der Waals surface area contributed by atoms with Gasteiger partial charge >= 0.3 is 11.9 Å². The van der Waals surface area contributed by atoms with Gasteiger partial charge in [-0.25, -0.2) is 0 Å². The molecule has 0 bridgehead atoms. The number of carbonyl (C=O) groups is 3. The summed E-state index contributed by atoms with van der Waals surface area (Å²) in [5, 5.41) is 11.8. The lowest BCUT2D eigenvalue weighted by atomic mass is 10.0. The number of esters is 2. The van der Waals surface area contributed by atoms with E-state index in [2.05, 4.69) is 74.6 Å². The minimum atomic E-state index is -1.62. The van der Waals surface area contributed by atoms with Crippen LogP contribution in [-0.2, 0) is 33.3 Å². The van der Waals surface area contributed by atoms with E-state index in [1.54, 1.807) is 0 Å². The molecule has 9 heteroatoms. The number of carbonyl (C=O) groups excluding carboxylic acids is 3. The first-order valence-electron chi connectivity index (χ1n) is 33.9. The second-order valence-electron chi connectivity index (χ2n) is 24.1. The molecule has 9 nitrogen and oxygen atoms in total. The summed E-state index contributed by atoms with van der Waals surface area (Å²) in [6, 6.07) is 0. The Morgan fingerprint density at radius 3 is 1.06 bits per heavy atom. The summed E-state index contributed by atoms with van der Waals surface area (Å²) in [5.74, 6) is -2.26. The van der Waals surface area contributed by atoms with Crippen molar-refractivity contribution in [2.75, 3.05) is 47.5 Å². The van der Waals surface area contributed by atoms with Crippen molar-refractivity contribution < 1.29 is 42.9 Å². The molecule has 0 heterocycles. The fourth-order valence-corrected chi connectivity index (χ4v) is 9.86. The van der Waals surface area contributed by atoms with E-state index in [0.717, 1.165) is 70.6 Å². The topological polar surface area (TPSA) is 111 Å². The molecule has 0 fully saturated rings. The van der Waals surface area contributed by atoms with Crippen molar-refractivity contribution in [3.05, 3.63) is 60.8 Å². The van der Waals surface area contributed by atoms with Crippen LogP contribution in [-0.4, -0.2) is 82.3 Å². The second kappa shape index (κ2) is 62.0. The van der Waals surface area contributed by atoms with Gasteiger partial charge in [-0.05, 0) is 57.8 Å². The van der Waals surface area contributed by atoms with E-state index in [1.807, 2.05) is 21.1 Å². The molecule has 0 radical (unpaired) electrons. The number of likely N-dealkylation sites (N-methyl/N-ethyl adjacent to an activating group) is 1. The number of rotatable bonds is 63. The van der Waals surface area contributed by atoms with E-state index < -0.39 is 24.3 Å². The first-order valence-corrected chi connectivity index (χ1v) is 33.9. The molecule has 0 aromatic carbocycles. The molecule has 0 aliphatic heterocycles. The Morgan fingerprint density at radius 2 is 0.713 bits per heavy atom. The summed E-state index contributed by atoms with van der Waals surface area (Å²) in [5.41, 5.74) is 0. The lowest BCUT2D eigenvalue weighted by Gasteiger charge is -2.26. The minimum Gasteiger partial charge on any atom is -0.545 e. The number of allylic oxidation sites excluding steroid dienone is 10. The highest BCUT2D eigenvalue weighted by atomic mass is 16.7. The van der Waals surface area contributed by atoms with Crippen LogP contribution >= 0.6 is 0 Å². The monoisotopic (exact) mass is 1120 g/mol. The molecule has 0 saturated heterocycles. The first-order chi connectivity index (χ1) is 39.1. The molecule has 0 amide bonds. The zero-order chi connectivity index (χ0) is 58.3. The van der Waals surface area contributed by atoms with E-state index >= 15 is 0 Å². The van der Waals surface area contributed by atoms with Crippen molar-refractivity contribution in [2.24, 2.45) is 0 Å². The standard InChI is InChI=1S/C71H129NO8/c1-6-8-10-12-14-16-18-20-22-23-24-25-26-27-28-29-30-31-32-33-34-35-36-37-38-39-40-41-42-43-44-45-46-47-48-50-52-54-56-58-60-62-69(74)80-67(66-79-71(70(75)76)77-64-63-72(3,4)5)65-78-68(73)61-59-57-55-53-51-49-21-19-17-15-13-11-9-7-2/h8,10,14,16,20,22,24-25,27-28,67,71H,6-7,9,11-13,15,17-19,21,23,26,29-66H2,1-5H3/b10-8-,16-14-,22-20-,25-24-,28-27-. The summed E-state index contributed by atoms with van der Waals surface area (Å²) < 4.78 is 22.7. The lowest BCUT2D eigenvalue weighted by Crippen LogP contribution is -2.44. The van der Waals surface area contributed by atoms with Crippen LogP contribution in [0.1, 0.15) is 316 Å². The summed E-state index contributed by atoms with van der Waals surface area (Å²) in [6.07, 6.45) is 77.5. The largest absolute Gasteiger partial charge is 0.545 e. The number of hydrogen-bond acceptors (Lipinski definition) is 8. The molecule has 0 aliphatic carbocycles. The van der Waals surface area contributed by atoms with Gasteiger partial charge in [-0.2, -0.15) is 0 Å². The number of hydrogen-bond donors (Lipinski definition) is 0. The molecule has 2 unspecified atom stereocenters. The maximum atomic E-state index is 12.9. The highest BCUT2D eigenvalue weighted by molar-refractivity contribution is 5.70. The van der Waals surface area contributed by atoms with E-state index in [9.17, 15) is 19.5 Å². The van der Waals surface area contributed by atoms with Crippen LogP contribution in [0.2, 0.25) is 0 Å². The molecule has 0 aromatic heterocycles. The molecule has 2 atom stereocenters. The van der Waals surface area contributed by atoms with Crippen LogP contribution < -0.4 is 5.11 Å². The van der Waals surface area contributed by atoms with Gasteiger partial charge in [0.2, 0.25) is 0 Å². The predicted molar refractivity (Wildman–Crippen MR) is 338 cm³/mol. The van der Waals surface area contributed by atoms with Crippen LogP contribution in [0.25, 0.3) is 0 Å². The number of nitrogens with zero attached hydrogens (tertiary/aromatic N) is 1. The Bertz CT molecular complexity index is 1500. The van der Waals surface area contributed by atoms with Gasteiger partial charge in [-0.3, -0.25) is 9.59 Å². The van der Waals surface area contributed by atoms with Crippen molar-refractivity contribution >= 4 is 17.9 Å². The summed E-state index contributed by atoms with van der Waals surface area (Å²) >= 11 is 0. The number of unbranched alkanes of at least 4 members (excludes halogenated alkanes) is 38. The molecule has 0 spiro atoms. The average Bonchev–Trinajstić information content (AvgIpc) is 3.43. The summed E-state index contributed by atoms with van der Waals surface area (Å²) in [7, 11) is 5.93. The number of aliphatic carboxylic acids is 1. The highest BCUT2D eigenvalue weighted by Gasteiger charge is 2.22. The van der Waals surface area contributed by atoms with E-state index in [-0.39, 0.29) is 32.2 Å². The predicted octanol–water partition coefficient (Wildman–Crippen LogP) is 19.4. The van der Waals surface area contributed by atoms with E-state index in [0.29, 0.717) is 17.4 Å². The van der Waals surface area contributed by atoms with Crippen LogP contribution in [0.3, 0.4) is 0 Å². The van der Waals surface area contributed by atoms with Crippen molar-refractivity contribution in [3.63, 3.8) is 0 Å². The van der Waals surface area contributed by atoms with E-state index in [1.165, 1.54) is 218 Å². The van der Waals surface area contributed by atoms with Gasteiger partial charge in [0.05, 0.1) is 40.3 Å². The van der Waals surface area contributed by atoms with Crippen molar-refractivity contribution in [3.8, 4) is 0 Å². The van der Waals surface area contributed by atoms with Gasteiger partial charge in [0.1, 0.15) is 13.2 Å². The second-order valence-corrected chi connectivity index (χ2v) is 24.1. The molecule has 0 aromatic rings. The number of carboxylic acid groups (broad SMARTS) is 1. The van der Waals surface area contributed by atoms with Gasteiger partial charge in [-0.15, -0.1) is 0 Å². The van der Waals surface area contributed by atoms with Gasteiger partial charge in [-0.1, -0.05) is 306 Å². The van der Waals surface area contributed by atoms with Gasteiger partial charge in [0.15, 0.2) is 12.4 Å². The molecule has 0 rings (SSSR count). The maximum Gasteiger partial charge on any atom is 0.306 e. The summed E-state index contributed by atoms with van der Waals surface area (Å²) in [4.78, 5) is 37.3. The molecule has 80 heavy (non-hydrogen) atoms. The molecule has 0 N–H and O–H groups in total. The number of ether oxygens (including phenoxy) is 4. The average molecular weight is 1120 g/mol. The van der Waals surface area contributed by atoms with Crippen molar-refractivity contribution in [2.45, 2.75) is 328 Å². The maximum absolute atomic E-state index is 12.9. The smallest absolute Gasteiger partial charge is 0.306 e. The Kier molecular flexibility index (Phi) is 59.7. The third-order valence-corrected chi connectivity index (χ3v) is 15.0.